The lowest BCUT2D eigenvalue weighted by Crippen LogP contribution is -2.51. The number of hydrogen-bond donors (Lipinski definition) is 3. The van der Waals surface area contributed by atoms with Crippen molar-refractivity contribution in [3.05, 3.63) is 64.1 Å². The minimum Gasteiger partial charge on any atom is -0.394 e. The second kappa shape index (κ2) is 10.8. The zero-order valence-electron chi connectivity index (χ0n) is 16.6. The fraction of sp³-hybridized carbons (Fsp3) is 0.381. The highest BCUT2D eigenvalue weighted by Gasteiger charge is 2.34. The lowest BCUT2D eigenvalue weighted by Gasteiger charge is -2.35. The number of hydrogen-bond acceptors (Lipinski definition) is 5. The number of ether oxygens (including phenoxy) is 1. The maximum atomic E-state index is 12.6. The van der Waals surface area contributed by atoms with Crippen molar-refractivity contribution >= 4 is 39.1 Å². The van der Waals surface area contributed by atoms with Crippen molar-refractivity contribution < 1.29 is 23.1 Å². The topological polar surface area (TPSA) is 105 Å². The predicted octanol–water partition coefficient (Wildman–Crippen LogP) is 2.89. The Bertz CT molecular complexity index is 1000. The molecule has 2 aromatic rings. The second-order valence-electron chi connectivity index (χ2n) is 7.33. The van der Waals surface area contributed by atoms with Crippen LogP contribution in [-0.2, 0) is 26.1 Å². The largest absolute Gasteiger partial charge is 0.394 e. The molecule has 0 saturated carbocycles. The van der Waals surface area contributed by atoms with E-state index in [1.165, 1.54) is 12.1 Å². The number of halogens is 2. The van der Waals surface area contributed by atoms with Gasteiger partial charge in [0.15, 0.2) is 0 Å². The highest BCUT2D eigenvalue weighted by atomic mass is 35.5. The van der Waals surface area contributed by atoms with Crippen LogP contribution in [0.2, 0.25) is 10.0 Å². The van der Waals surface area contributed by atoms with Gasteiger partial charge in [-0.1, -0.05) is 47.5 Å². The lowest BCUT2D eigenvalue weighted by atomic mass is 9.98. The first kappa shape index (κ1) is 24.0. The minimum atomic E-state index is -3.73. The predicted molar refractivity (Wildman–Crippen MR) is 118 cm³/mol. The van der Waals surface area contributed by atoms with Crippen LogP contribution in [0.15, 0.2) is 53.4 Å². The van der Waals surface area contributed by atoms with E-state index in [0.29, 0.717) is 29.4 Å². The highest BCUT2D eigenvalue weighted by Crippen LogP contribution is 2.24. The molecule has 0 spiro atoms. The standard InChI is InChI=1S/C21H24Cl2N2O5S/c22-17-8-6-14(10-18(17)23)12-24-21(27)11-15-7-9-19(20(13-26)30-15)25-31(28,29)16-4-2-1-3-5-16/h1-6,8,10,15,19-20,25-26H,7,9,11-13H2,(H,24,27)/t15-,19+,20+/m0/s1. The normalized spacial score (nSPS) is 21.6. The molecule has 0 aromatic heterocycles. The van der Waals surface area contributed by atoms with Gasteiger partial charge in [0.1, 0.15) is 0 Å². The molecule has 1 heterocycles. The molecular weight excluding hydrogens is 463 g/mol. The monoisotopic (exact) mass is 486 g/mol. The third-order valence-electron chi connectivity index (χ3n) is 5.04. The highest BCUT2D eigenvalue weighted by molar-refractivity contribution is 7.89. The van der Waals surface area contributed by atoms with Crippen LogP contribution in [0.5, 0.6) is 0 Å². The van der Waals surface area contributed by atoms with Crippen LogP contribution in [0, 0.1) is 0 Å². The summed E-state index contributed by atoms with van der Waals surface area (Å²) in [7, 11) is -3.73. The fourth-order valence-corrected chi connectivity index (χ4v) is 5.05. The summed E-state index contributed by atoms with van der Waals surface area (Å²) in [5.74, 6) is -0.212. The third-order valence-corrected chi connectivity index (χ3v) is 7.29. The maximum absolute atomic E-state index is 12.6. The Morgan fingerprint density at radius 1 is 1.10 bits per heavy atom. The van der Waals surface area contributed by atoms with E-state index in [9.17, 15) is 18.3 Å². The number of carbonyl (C=O) groups is 1. The number of benzene rings is 2. The number of aliphatic hydroxyl groups excluding tert-OH is 1. The summed E-state index contributed by atoms with van der Waals surface area (Å²) in [6.45, 7) is -0.0608. The van der Waals surface area contributed by atoms with Gasteiger partial charge in [0.2, 0.25) is 15.9 Å². The van der Waals surface area contributed by atoms with Crippen molar-refractivity contribution in [2.75, 3.05) is 6.61 Å². The van der Waals surface area contributed by atoms with Gasteiger partial charge < -0.3 is 15.2 Å². The summed E-state index contributed by atoms with van der Waals surface area (Å²) < 4.78 is 33.5. The van der Waals surface area contributed by atoms with Crippen LogP contribution in [0.4, 0.5) is 0 Å². The van der Waals surface area contributed by atoms with Gasteiger partial charge in [-0.3, -0.25) is 4.79 Å². The van der Waals surface area contributed by atoms with Gasteiger partial charge in [0.05, 0.1) is 46.2 Å². The number of amides is 1. The molecule has 2 aromatic carbocycles. The molecule has 168 valence electrons. The molecule has 1 saturated heterocycles. The number of nitrogens with one attached hydrogen (secondary N) is 2. The number of aliphatic hydroxyl groups is 1. The van der Waals surface area contributed by atoms with Gasteiger partial charge in [-0.15, -0.1) is 0 Å². The molecule has 3 N–H and O–H groups in total. The molecule has 7 nitrogen and oxygen atoms in total. The summed E-state index contributed by atoms with van der Waals surface area (Å²) >= 11 is 11.9. The Balaban J connectivity index is 1.52. The number of sulfonamides is 1. The first-order valence-electron chi connectivity index (χ1n) is 9.83. The molecule has 1 aliphatic rings. The molecule has 0 bridgehead atoms. The average Bonchev–Trinajstić information content (AvgIpc) is 2.76. The Morgan fingerprint density at radius 2 is 1.84 bits per heavy atom. The Labute approximate surface area is 191 Å². The Kier molecular flexibility index (Phi) is 8.32. The van der Waals surface area contributed by atoms with Crippen LogP contribution in [0.3, 0.4) is 0 Å². The van der Waals surface area contributed by atoms with Crippen molar-refractivity contribution in [1.82, 2.24) is 10.0 Å². The molecule has 31 heavy (non-hydrogen) atoms. The van der Waals surface area contributed by atoms with Gasteiger partial charge in [-0.25, -0.2) is 13.1 Å². The van der Waals surface area contributed by atoms with Crippen LogP contribution >= 0.6 is 23.2 Å². The van der Waals surface area contributed by atoms with Crippen LogP contribution in [0.1, 0.15) is 24.8 Å². The lowest BCUT2D eigenvalue weighted by molar-refractivity contribution is -0.130. The van der Waals surface area contributed by atoms with Crippen molar-refractivity contribution in [3.8, 4) is 0 Å². The van der Waals surface area contributed by atoms with Gasteiger partial charge in [-0.05, 0) is 42.7 Å². The molecule has 0 unspecified atom stereocenters. The average molecular weight is 487 g/mol. The fourth-order valence-electron chi connectivity index (χ4n) is 3.41. The van der Waals surface area contributed by atoms with Crippen molar-refractivity contribution in [1.29, 1.82) is 0 Å². The third kappa shape index (κ3) is 6.65. The molecule has 10 heteroatoms. The molecular formula is C21H24Cl2N2O5S. The van der Waals surface area contributed by atoms with Crippen molar-refractivity contribution in [2.45, 2.75) is 49.0 Å². The zero-order valence-corrected chi connectivity index (χ0v) is 19.0. The summed E-state index contributed by atoms with van der Waals surface area (Å²) in [5.41, 5.74) is 0.816. The molecule has 0 aliphatic carbocycles. The quantitative estimate of drug-likeness (QED) is 0.531. The van der Waals surface area contributed by atoms with Gasteiger partial charge in [0, 0.05) is 6.54 Å². The van der Waals surface area contributed by atoms with E-state index >= 15 is 0 Å². The smallest absolute Gasteiger partial charge is 0.240 e. The first-order chi connectivity index (χ1) is 14.8. The van der Waals surface area contributed by atoms with Gasteiger partial charge in [0.25, 0.3) is 0 Å². The molecule has 0 radical (unpaired) electrons. The second-order valence-corrected chi connectivity index (χ2v) is 9.85. The SMILES string of the molecule is O=C(C[C@@H]1CC[C@@H](NS(=O)(=O)c2ccccc2)[C@@H](CO)O1)NCc1ccc(Cl)c(Cl)c1. The van der Waals surface area contributed by atoms with Crippen LogP contribution in [0.25, 0.3) is 0 Å². The Morgan fingerprint density at radius 3 is 2.52 bits per heavy atom. The van der Waals surface area contributed by atoms with Gasteiger partial charge in [-0.2, -0.15) is 0 Å². The first-order valence-corrected chi connectivity index (χ1v) is 12.1. The van der Waals surface area contributed by atoms with E-state index in [4.69, 9.17) is 27.9 Å². The molecule has 3 rings (SSSR count). The van der Waals surface area contributed by atoms with Crippen molar-refractivity contribution in [2.24, 2.45) is 0 Å². The summed E-state index contributed by atoms with van der Waals surface area (Å²) in [6, 6.07) is 12.6. The van der Waals surface area contributed by atoms with E-state index in [1.54, 1.807) is 36.4 Å². The van der Waals surface area contributed by atoms with E-state index in [0.717, 1.165) is 5.56 Å². The number of carbonyl (C=O) groups excluding carboxylic acids is 1. The summed E-state index contributed by atoms with van der Waals surface area (Å²) in [4.78, 5) is 12.5. The Hall–Kier alpha value is -1.68. The maximum Gasteiger partial charge on any atom is 0.240 e. The summed E-state index contributed by atoms with van der Waals surface area (Å²) in [6.07, 6.45) is -0.111. The van der Waals surface area contributed by atoms with Gasteiger partial charge >= 0.3 is 0 Å². The van der Waals surface area contributed by atoms with E-state index < -0.39 is 28.3 Å². The van der Waals surface area contributed by atoms with E-state index in [-0.39, 0.29) is 23.8 Å². The zero-order chi connectivity index (χ0) is 22.4. The molecule has 3 atom stereocenters. The molecule has 1 amide bonds. The number of rotatable bonds is 8. The summed E-state index contributed by atoms with van der Waals surface area (Å²) in [5, 5.41) is 13.4. The van der Waals surface area contributed by atoms with E-state index in [2.05, 4.69) is 10.0 Å². The van der Waals surface area contributed by atoms with E-state index in [1.807, 2.05) is 0 Å². The van der Waals surface area contributed by atoms with Crippen molar-refractivity contribution in [3.63, 3.8) is 0 Å². The van der Waals surface area contributed by atoms with Crippen LogP contribution in [-0.4, -0.2) is 44.3 Å². The molecule has 1 fully saturated rings. The van der Waals surface area contributed by atoms with Crippen LogP contribution < -0.4 is 10.0 Å². The minimum absolute atomic E-state index is 0.107. The molecule has 1 aliphatic heterocycles.